The van der Waals surface area contributed by atoms with Gasteiger partial charge in [-0.1, -0.05) is 28.1 Å². The fraction of sp³-hybridized carbons (Fsp3) is 0.364. The highest BCUT2D eigenvalue weighted by molar-refractivity contribution is 9.10. The number of ether oxygens (including phenoxy) is 1. The fourth-order valence-electron chi connectivity index (χ4n) is 3.08. The average Bonchev–Trinajstić information content (AvgIpc) is 2.85. The molecule has 9 nitrogen and oxygen atoms in total. The van der Waals surface area contributed by atoms with E-state index in [1.165, 1.54) is 23.5 Å². The van der Waals surface area contributed by atoms with Gasteiger partial charge in [-0.3, -0.25) is 4.79 Å². The third-order valence-corrected chi connectivity index (χ3v) is 7.33. The first-order valence-electron chi connectivity index (χ1n) is 10.5. The third-order valence-electron chi connectivity index (χ3n) is 4.99. The number of alkyl halides is 3. The Labute approximate surface area is 215 Å². The highest BCUT2D eigenvalue weighted by Crippen LogP contribution is 2.22. The molecule has 0 bridgehead atoms. The van der Waals surface area contributed by atoms with Crippen molar-refractivity contribution in [1.29, 1.82) is 0 Å². The largest absolute Gasteiger partial charge is 0.497 e. The van der Waals surface area contributed by atoms with Crippen molar-refractivity contribution >= 4 is 37.8 Å². The van der Waals surface area contributed by atoms with Crippen LogP contribution in [0.4, 0.5) is 13.2 Å². The molecular weight excluding hydrogens is 571 g/mol. The lowest BCUT2D eigenvalue weighted by Crippen LogP contribution is -2.50. The van der Waals surface area contributed by atoms with E-state index in [1.807, 2.05) is 24.3 Å². The van der Waals surface area contributed by atoms with Crippen molar-refractivity contribution in [3.8, 4) is 5.75 Å². The fourth-order valence-corrected chi connectivity index (χ4v) is 4.72. The van der Waals surface area contributed by atoms with E-state index >= 15 is 0 Å². The third kappa shape index (κ3) is 8.76. The summed E-state index contributed by atoms with van der Waals surface area (Å²) in [7, 11) is -2.34. The lowest BCUT2D eigenvalue weighted by Gasteiger charge is -2.30. The van der Waals surface area contributed by atoms with Crippen molar-refractivity contribution in [1.82, 2.24) is 14.5 Å². The molecule has 1 aliphatic heterocycles. The number of hydrogen-bond donors (Lipinski definition) is 2. The number of halogens is 4. The predicted octanol–water partition coefficient (Wildman–Crippen LogP) is 2.71. The van der Waals surface area contributed by atoms with Gasteiger partial charge in [0.05, 0.1) is 18.6 Å². The Morgan fingerprint density at radius 2 is 1.61 bits per heavy atom. The topological polar surface area (TPSA) is 116 Å². The highest BCUT2D eigenvalue weighted by atomic mass is 79.9. The van der Waals surface area contributed by atoms with E-state index in [2.05, 4.69) is 21.2 Å². The van der Waals surface area contributed by atoms with E-state index < -0.39 is 22.2 Å². The van der Waals surface area contributed by atoms with E-state index in [0.29, 0.717) is 31.9 Å². The number of sulfonamides is 1. The Kier molecular flexibility index (Phi) is 10.7. The van der Waals surface area contributed by atoms with Crippen molar-refractivity contribution in [2.45, 2.75) is 17.6 Å². The molecule has 0 aliphatic carbocycles. The number of carbonyl (C=O) groups is 2. The van der Waals surface area contributed by atoms with Crippen LogP contribution in [0.15, 0.2) is 57.9 Å². The molecule has 0 unspecified atom stereocenters. The zero-order chi connectivity index (χ0) is 26.9. The number of methoxy groups -OCH3 is 1. The summed E-state index contributed by atoms with van der Waals surface area (Å²) < 4.78 is 65.6. The van der Waals surface area contributed by atoms with Crippen LogP contribution in [0.25, 0.3) is 0 Å². The van der Waals surface area contributed by atoms with E-state index in [0.717, 1.165) is 10.0 Å². The van der Waals surface area contributed by atoms with Gasteiger partial charge in [0.25, 0.3) is 0 Å². The summed E-state index contributed by atoms with van der Waals surface area (Å²) in [5.41, 5.74) is 0.804. The van der Waals surface area contributed by atoms with E-state index in [9.17, 15) is 26.4 Å². The number of nitrogens with zero attached hydrogens (tertiary/aromatic N) is 2. The number of hydrogen-bond acceptors (Lipinski definition) is 6. The van der Waals surface area contributed by atoms with Crippen LogP contribution in [0.3, 0.4) is 0 Å². The molecule has 1 heterocycles. The molecule has 1 saturated heterocycles. The Morgan fingerprint density at radius 3 is 2.08 bits per heavy atom. The lowest BCUT2D eigenvalue weighted by atomic mass is 10.2. The summed E-state index contributed by atoms with van der Waals surface area (Å²) in [4.78, 5) is 23.5. The van der Waals surface area contributed by atoms with Crippen molar-refractivity contribution in [3.63, 3.8) is 0 Å². The average molecular weight is 596 g/mol. The summed E-state index contributed by atoms with van der Waals surface area (Å²) in [6.07, 6.45) is -5.08. The minimum Gasteiger partial charge on any atom is -0.497 e. The molecule has 0 radical (unpaired) electrons. The highest BCUT2D eigenvalue weighted by Gasteiger charge is 2.38. The molecular formula is C22H25BrF3N3O6S. The first-order chi connectivity index (χ1) is 16.8. The SMILES string of the molecule is COc1ccc(S(=O)(=O)N(CC(=O)N2CCNCC2)Cc2ccc(Br)cc2)cc1.O=C(O)C(F)(F)F. The number of aliphatic carboxylic acids is 1. The van der Waals surface area contributed by atoms with E-state index in [1.54, 1.807) is 17.0 Å². The van der Waals surface area contributed by atoms with Crippen molar-refractivity contribution < 1.29 is 41.0 Å². The van der Waals surface area contributed by atoms with Crippen molar-refractivity contribution in [3.05, 3.63) is 58.6 Å². The van der Waals surface area contributed by atoms with E-state index in [4.69, 9.17) is 14.6 Å². The molecule has 1 fully saturated rings. The number of amides is 1. The monoisotopic (exact) mass is 595 g/mol. The van der Waals surface area contributed by atoms with Gasteiger partial charge in [-0.05, 0) is 42.0 Å². The molecule has 1 aliphatic rings. The molecule has 0 saturated carbocycles. The van der Waals surface area contributed by atoms with Crippen molar-refractivity contribution in [2.24, 2.45) is 0 Å². The smallest absolute Gasteiger partial charge is 0.490 e. The molecule has 14 heteroatoms. The van der Waals surface area contributed by atoms with E-state index in [-0.39, 0.29) is 23.9 Å². The van der Waals surface area contributed by atoms with Gasteiger partial charge >= 0.3 is 12.1 Å². The summed E-state index contributed by atoms with van der Waals surface area (Å²) in [5, 5.41) is 10.3. The molecule has 198 valence electrons. The summed E-state index contributed by atoms with van der Waals surface area (Å²) in [6.45, 7) is 2.48. The molecule has 0 aromatic heterocycles. The summed E-state index contributed by atoms with van der Waals surface area (Å²) in [6, 6.07) is 13.6. The molecule has 3 rings (SSSR count). The first kappa shape index (κ1) is 29.5. The number of rotatable bonds is 7. The Morgan fingerprint density at radius 1 is 1.08 bits per heavy atom. The van der Waals surface area contributed by atoms with Crippen LogP contribution < -0.4 is 10.1 Å². The van der Waals surface area contributed by atoms with Gasteiger partial charge < -0.3 is 20.1 Å². The quantitative estimate of drug-likeness (QED) is 0.505. The predicted molar refractivity (Wildman–Crippen MR) is 128 cm³/mol. The van der Waals surface area contributed by atoms with Crippen LogP contribution in [-0.4, -0.2) is 80.6 Å². The second-order valence-corrected chi connectivity index (χ2v) is 10.4. The second-order valence-electron chi connectivity index (χ2n) is 7.51. The molecule has 36 heavy (non-hydrogen) atoms. The molecule has 0 spiro atoms. The maximum atomic E-state index is 13.3. The number of carbonyl (C=O) groups excluding carboxylic acids is 1. The van der Waals surface area contributed by atoms with Gasteiger partial charge in [-0.15, -0.1) is 0 Å². The Hall–Kier alpha value is -2.68. The molecule has 2 aromatic carbocycles. The minimum atomic E-state index is -5.08. The van der Waals surface area contributed by atoms with Gasteiger partial charge in [0.1, 0.15) is 5.75 Å². The standard InChI is InChI=1S/C20H24BrN3O4S.C2HF3O2/c1-28-18-6-8-19(9-7-18)29(26,27)24(14-16-2-4-17(21)5-3-16)15-20(25)23-12-10-22-11-13-23;3-2(4,5)1(6)7/h2-9,22H,10-15H2,1H3;(H,6,7). The normalized spacial score (nSPS) is 14.1. The zero-order valence-electron chi connectivity index (χ0n) is 19.2. The van der Waals surface area contributed by atoms with Crippen LogP contribution in [-0.2, 0) is 26.2 Å². The molecule has 1 amide bonds. The molecule has 0 atom stereocenters. The van der Waals surface area contributed by atoms with Crippen LogP contribution in [0.5, 0.6) is 5.75 Å². The van der Waals surface area contributed by atoms with Crippen LogP contribution in [0.1, 0.15) is 5.56 Å². The van der Waals surface area contributed by atoms with Gasteiger partial charge in [-0.2, -0.15) is 17.5 Å². The van der Waals surface area contributed by atoms with Crippen LogP contribution in [0, 0.1) is 0 Å². The summed E-state index contributed by atoms with van der Waals surface area (Å²) in [5.74, 6) is -2.38. The van der Waals surface area contributed by atoms with Gasteiger partial charge in [0, 0.05) is 37.2 Å². The van der Waals surface area contributed by atoms with Crippen molar-refractivity contribution in [2.75, 3.05) is 39.8 Å². The minimum absolute atomic E-state index is 0.111. The lowest BCUT2D eigenvalue weighted by molar-refractivity contribution is -0.192. The maximum Gasteiger partial charge on any atom is 0.490 e. The molecule has 2 N–H and O–H groups in total. The molecule has 2 aromatic rings. The van der Waals surface area contributed by atoms with Crippen LogP contribution in [0.2, 0.25) is 0 Å². The second kappa shape index (κ2) is 13.0. The number of nitrogens with one attached hydrogen (secondary N) is 1. The first-order valence-corrected chi connectivity index (χ1v) is 12.7. The number of carboxylic acid groups (broad SMARTS) is 1. The Balaban J connectivity index is 0.000000572. The number of piperazine rings is 1. The van der Waals surface area contributed by atoms with Gasteiger partial charge in [-0.25, -0.2) is 13.2 Å². The number of benzene rings is 2. The number of carboxylic acids is 1. The maximum absolute atomic E-state index is 13.3. The van der Waals surface area contributed by atoms with Crippen LogP contribution >= 0.6 is 15.9 Å². The van der Waals surface area contributed by atoms with Gasteiger partial charge in [0.15, 0.2) is 0 Å². The Bertz CT molecular complexity index is 1120. The summed E-state index contributed by atoms with van der Waals surface area (Å²) >= 11 is 3.38. The van der Waals surface area contributed by atoms with Gasteiger partial charge in [0.2, 0.25) is 15.9 Å². The zero-order valence-corrected chi connectivity index (χ0v) is 21.6.